The van der Waals surface area contributed by atoms with Crippen LogP contribution in [0.25, 0.3) is 0 Å². The molecule has 0 fully saturated rings. The number of amides is 1. The topological polar surface area (TPSA) is 95.9 Å². The van der Waals surface area contributed by atoms with Crippen molar-refractivity contribution >= 4 is 11.9 Å². The molecule has 0 saturated carbocycles. The lowest BCUT2D eigenvalue weighted by atomic mass is 10.0. The number of hydrogen-bond acceptors (Lipinski definition) is 5. The molecule has 73 heavy (non-hydrogen) atoms. The van der Waals surface area contributed by atoms with Gasteiger partial charge in [0.2, 0.25) is 5.91 Å². The van der Waals surface area contributed by atoms with E-state index in [1.54, 1.807) is 0 Å². The zero-order valence-corrected chi connectivity index (χ0v) is 49.1. The Balaban J connectivity index is 3.42. The minimum Gasteiger partial charge on any atom is -0.466 e. The van der Waals surface area contributed by atoms with Crippen LogP contribution in [0.15, 0.2) is 36.5 Å². The normalized spacial score (nSPS) is 12.8. The summed E-state index contributed by atoms with van der Waals surface area (Å²) in [5.41, 5.74) is 0. The summed E-state index contributed by atoms with van der Waals surface area (Å²) in [6, 6.07) is -0.546. The van der Waals surface area contributed by atoms with Crippen LogP contribution in [0.1, 0.15) is 354 Å². The molecule has 0 aromatic heterocycles. The van der Waals surface area contributed by atoms with Gasteiger partial charge in [-0.1, -0.05) is 294 Å². The molecule has 0 spiro atoms. The maximum absolute atomic E-state index is 12.5. The van der Waals surface area contributed by atoms with E-state index < -0.39 is 12.1 Å². The molecule has 6 nitrogen and oxygen atoms in total. The number of carbonyl (C=O) groups is 2. The van der Waals surface area contributed by atoms with Crippen LogP contribution < -0.4 is 5.32 Å². The number of allylic oxidation sites excluding steroid dienone is 6. The van der Waals surface area contributed by atoms with Gasteiger partial charge in [-0.2, -0.15) is 0 Å². The molecule has 0 aliphatic carbocycles. The fourth-order valence-electron chi connectivity index (χ4n) is 10.1. The van der Waals surface area contributed by atoms with Crippen molar-refractivity contribution in [3.8, 4) is 0 Å². The Morgan fingerprint density at radius 3 is 1.05 bits per heavy atom. The van der Waals surface area contributed by atoms with E-state index in [9.17, 15) is 19.8 Å². The SMILES string of the molecule is CCCCCCCC/C=C\CCCCCCCCCC(=O)OCCCCCCCCCCC/C=C\C/C=C\CCCCCCCCCCCC(=O)NC(CO)C(O)CCCCCCCCCCCCCCCC. The van der Waals surface area contributed by atoms with Gasteiger partial charge >= 0.3 is 5.97 Å². The highest BCUT2D eigenvalue weighted by molar-refractivity contribution is 5.76. The summed E-state index contributed by atoms with van der Waals surface area (Å²) in [7, 11) is 0. The number of nitrogens with one attached hydrogen (secondary N) is 1. The monoisotopic (exact) mass is 1030 g/mol. The third kappa shape index (κ3) is 59.2. The van der Waals surface area contributed by atoms with Gasteiger partial charge in [0, 0.05) is 12.8 Å². The predicted molar refractivity (Wildman–Crippen MR) is 319 cm³/mol. The minimum atomic E-state index is -0.668. The number of esters is 1. The van der Waals surface area contributed by atoms with E-state index in [2.05, 4.69) is 55.6 Å². The summed E-state index contributed by atoms with van der Waals surface area (Å²) >= 11 is 0. The minimum absolute atomic E-state index is 0.00590. The zero-order valence-electron chi connectivity index (χ0n) is 49.1. The molecule has 0 aromatic rings. The van der Waals surface area contributed by atoms with Crippen molar-refractivity contribution in [2.75, 3.05) is 13.2 Å². The van der Waals surface area contributed by atoms with E-state index >= 15 is 0 Å². The number of ether oxygens (including phenoxy) is 1. The molecule has 430 valence electrons. The Morgan fingerprint density at radius 1 is 0.384 bits per heavy atom. The fourth-order valence-corrected chi connectivity index (χ4v) is 10.1. The summed E-state index contributed by atoms with van der Waals surface area (Å²) in [5, 5.41) is 23.3. The largest absolute Gasteiger partial charge is 0.466 e. The van der Waals surface area contributed by atoms with Crippen molar-refractivity contribution in [1.82, 2.24) is 5.32 Å². The van der Waals surface area contributed by atoms with E-state index in [0.29, 0.717) is 25.9 Å². The first-order valence-electron chi connectivity index (χ1n) is 32.7. The van der Waals surface area contributed by atoms with Crippen LogP contribution in [0.2, 0.25) is 0 Å². The Bertz CT molecular complexity index is 1180. The van der Waals surface area contributed by atoms with Crippen molar-refractivity contribution in [2.45, 2.75) is 366 Å². The Morgan fingerprint density at radius 2 is 0.685 bits per heavy atom. The number of rotatable bonds is 61. The van der Waals surface area contributed by atoms with Crippen LogP contribution in [0.4, 0.5) is 0 Å². The molecule has 1 amide bonds. The first-order chi connectivity index (χ1) is 36.0. The highest BCUT2D eigenvalue weighted by Gasteiger charge is 2.20. The molecular weight excluding hydrogens is 899 g/mol. The number of unbranched alkanes of at least 4 members (excludes halogenated alkanes) is 44. The summed E-state index contributed by atoms with van der Waals surface area (Å²) in [5.74, 6) is -0.0340. The van der Waals surface area contributed by atoms with Gasteiger partial charge in [0.05, 0.1) is 25.4 Å². The predicted octanol–water partition coefficient (Wildman–Crippen LogP) is 20.8. The summed E-state index contributed by atoms with van der Waals surface area (Å²) in [6.07, 6.45) is 78.8. The second-order valence-corrected chi connectivity index (χ2v) is 22.4. The molecular formula is C67H127NO5. The second-order valence-electron chi connectivity index (χ2n) is 22.4. The Kier molecular flexibility index (Phi) is 61.0. The number of aliphatic hydroxyl groups excluding tert-OH is 2. The van der Waals surface area contributed by atoms with Gasteiger partial charge in [0.1, 0.15) is 0 Å². The lowest BCUT2D eigenvalue weighted by Crippen LogP contribution is -2.45. The molecule has 0 radical (unpaired) electrons. The van der Waals surface area contributed by atoms with E-state index in [-0.39, 0.29) is 18.5 Å². The highest BCUT2D eigenvalue weighted by Crippen LogP contribution is 2.17. The number of hydrogen-bond donors (Lipinski definition) is 3. The lowest BCUT2D eigenvalue weighted by Gasteiger charge is -2.22. The van der Waals surface area contributed by atoms with Crippen molar-refractivity contribution in [2.24, 2.45) is 0 Å². The van der Waals surface area contributed by atoms with Crippen molar-refractivity contribution in [3.63, 3.8) is 0 Å². The summed E-state index contributed by atoms with van der Waals surface area (Å²) in [6.45, 7) is 4.96. The average molecular weight is 1030 g/mol. The van der Waals surface area contributed by atoms with Gasteiger partial charge < -0.3 is 20.3 Å². The molecule has 0 bridgehead atoms. The second kappa shape index (κ2) is 62.6. The van der Waals surface area contributed by atoms with Gasteiger partial charge in [-0.15, -0.1) is 0 Å². The summed E-state index contributed by atoms with van der Waals surface area (Å²) < 4.78 is 5.49. The van der Waals surface area contributed by atoms with Crippen molar-refractivity contribution in [3.05, 3.63) is 36.5 Å². The quantitative estimate of drug-likeness (QED) is 0.0320. The fraction of sp³-hybridized carbons (Fsp3) is 0.881. The van der Waals surface area contributed by atoms with E-state index in [1.165, 1.54) is 270 Å². The van der Waals surface area contributed by atoms with Gasteiger partial charge in [-0.05, 0) is 83.5 Å². The van der Waals surface area contributed by atoms with Crippen LogP contribution in [0.5, 0.6) is 0 Å². The summed E-state index contributed by atoms with van der Waals surface area (Å²) in [4.78, 5) is 24.6. The van der Waals surface area contributed by atoms with Crippen LogP contribution in [-0.4, -0.2) is 47.4 Å². The molecule has 0 aromatic carbocycles. The van der Waals surface area contributed by atoms with Gasteiger partial charge in [0.15, 0.2) is 0 Å². The van der Waals surface area contributed by atoms with Gasteiger partial charge in [-0.25, -0.2) is 0 Å². The standard InChI is InChI=1S/C67H127NO5/c1-3-5-7-9-11-13-15-17-19-29-33-37-41-45-49-53-57-61-67(72)73-62-58-54-50-46-42-38-34-31-28-26-24-22-20-21-23-25-27-30-32-36-40-44-48-52-56-60-66(71)68-64(63-69)65(70)59-55-51-47-43-39-35-18-16-14-12-10-8-6-4-2/h17,19,21-24,64-65,69-70H,3-16,18,20,25-63H2,1-2H3,(H,68,71)/b19-17-,23-21-,24-22-. The molecule has 0 heterocycles. The highest BCUT2D eigenvalue weighted by atomic mass is 16.5. The van der Waals surface area contributed by atoms with E-state index in [1.807, 2.05) is 0 Å². The van der Waals surface area contributed by atoms with E-state index in [4.69, 9.17) is 4.74 Å². The van der Waals surface area contributed by atoms with Crippen molar-refractivity contribution < 1.29 is 24.5 Å². The molecule has 0 aliphatic rings. The molecule has 2 unspecified atom stereocenters. The molecule has 2 atom stereocenters. The zero-order chi connectivity index (χ0) is 52.9. The maximum atomic E-state index is 12.5. The van der Waals surface area contributed by atoms with E-state index in [0.717, 1.165) is 51.4 Å². The molecule has 6 heteroatoms. The van der Waals surface area contributed by atoms with Gasteiger partial charge in [0.25, 0.3) is 0 Å². The third-order valence-corrected chi connectivity index (χ3v) is 15.2. The first kappa shape index (κ1) is 71.1. The van der Waals surface area contributed by atoms with Gasteiger partial charge in [-0.3, -0.25) is 9.59 Å². The Hall–Kier alpha value is -1.92. The Labute approximate surface area is 455 Å². The molecule has 0 aliphatic heterocycles. The lowest BCUT2D eigenvalue weighted by molar-refractivity contribution is -0.143. The first-order valence-corrected chi connectivity index (χ1v) is 32.7. The number of aliphatic hydroxyl groups is 2. The molecule has 0 saturated heterocycles. The average Bonchev–Trinajstić information content (AvgIpc) is 3.39. The van der Waals surface area contributed by atoms with Crippen LogP contribution in [-0.2, 0) is 14.3 Å². The number of carbonyl (C=O) groups excluding carboxylic acids is 2. The molecule has 0 rings (SSSR count). The van der Waals surface area contributed by atoms with Crippen LogP contribution in [0, 0.1) is 0 Å². The van der Waals surface area contributed by atoms with Crippen LogP contribution in [0.3, 0.4) is 0 Å². The smallest absolute Gasteiger partial charge is 0.305 e. The maximum Gasteiger partial charge on any atom is 0.305 e. The molecule has 3 N–H and O–H groups in total. The van der Waals surface area contributed by atoms with Crippen molar-refractivity contribution in [1.29, 1.82) is 0 Å². The van der Waals surface area contributed by atoms with Crippen LogP contribution >= 0.6 is 0 Å². The third-order valence-electron chi connectivity index (χ3n) is 15.2.